The molecule has 1 fully saturated rings. The molecular formula is C20H22ClN3O. The summed E-state index contributed by atoms with van der Waals surface area (Å²) in [6.45, 7) is 4.10. The fourth-order valence-electron chi connectivity index (χ4n) is 4.10. The van der Waals surface area contributed by atoms with Crippen LogP contribution in [0.25, 0.3) is 0 Å². The molecule has 5 heteroatoms. The number of aryl methyl sites for hydroxylation is 1. The zero-order valence-electron chi connectivity index (χ0n) is 14.5. The van der Waals surface area contributed by atoms with Gasteiger partial charge in [0.15, 0.2) is 0 Å². The third kappa shape index (κ3) is 3.00. The number of rotatable bonds is 1. The molecule has 2 heterocycles. The van der Waals surface area contributed by atoms with Crippen LogP contribution in [0.3, 0.4) is 0 Å². The van der Waals surface area contributed by atoms with Gasteiger partial charge in [-0.25, -0.2) is 4.79 Å². The summed E-state index contributed by atoms with van der Waals surface area (Å²) in [5.74, 6) is 0.374. The molecule has 0 aliphatic carbocycles. The van der Waals surface area contributed by atoms with E-state index in [2.05, 4.69) is 42.4 Å². The Morgan fingerprint density at radius 1 is 1.24 bits per heavy atom. The largest absolute Gasteiger partial charge is 0.326 e. The molecule has 1 saturated heterocycles. The number of nitrogens with zero attached hydrogens (tertiary/aromatic N) is 2. The number of nitrogens with one attached hydrogen (secondary N) is 1. The standard InChI is InChI=1S/C20H22ClN3O/c1-13-6-7-18-16(10-13)17-12-23(2)9-8-19(17)24(18)20(25)22-15-5-3-4-14(21)11-15/h3-7,10-11,17,19H,8-9,12H2,1-2H3,(H,22,25)/t17-,19+/m1/s1. The number of benzene rings is 2. The highest BCUT2D eigenvalue weighted by Gasteiger charge is 2.43. The molecule has 4 nitrogen and oxygen atoms in total. The molecule has 2 aromatic carbocycles. The van der Waals surface area contributed by atoms with Gasteiger partial charge in [-0.2, -0.15) is 0 Å². The predicted octanol–water partition coefficient (Wildman–Crippen LogP) is 4.49. The highest BCUT2D eigenvalue weighted by Crippen LogP contribution is 2.45. The molecule has 0 aromatic heterocycles. The summed E-state index contributed by atoms with van der Waals surface area (Å²) < 4.78 is 0. The lowest BCUT2D eigenvalue weighted by Crippen LogP contribution is -2.48. The number of urea groups is 1. The maximum atomic E-state index is 13.1. The summed E-state index contributed by atoms with van der Waals surface area (Å²) in [5, 5.41) is 3.63. The average Bonchev–Trinajstić information content (AvgIpc) is 2.88. The van der Waals surface area contributed by atoms with Gasteiger partial charge in [0.2, 0.25) is 0 Å². The van der Waals surface area contributed by atoms with Crippen LogP contribution in [0.2, 0.25) is 5.02 Å². The van der Waals surface area contributed by atoms with Gasteiger partial charge in [-0.1, -0.05) is 35.4 Å². The molecule has 2 aliphatic rings. The third-order valence-electron chi connectivity index (χ3n) is 5.25. The van der Waals surface area contributed by atoms with Crippen molar-refractivity contribution in [3.63, 3.8) is 0 Å². The molecule has 25 heavy (non-hydrogen) atoms. The first-order chi connectivity index (χ1) is 12.0. The van der Waals surface area contributed by atoms with Gasteiger partial charge < -0.3 is 10.2 Å². The van der Waals surface area contributed by atoms with Crippen molar-refractivity contribution in [1.82, 2.24) is 4.90 Å². The number of likely N-dealkylation sites (N-methyl/N-ethyl adjacent to an activating group) is 1. The highest BCUT2D eigenvalue weighted by molar-refractivity contribution is 6.30. The van der Waals surface area contributed by atoms with Crippen LogP contribution in [0, 0.1) is 6.92 Å². The van der Waals surface area contributed by atoms with Crippen molar-refractivity contribution < 1.29 is 4.79 Å². The number of halogens is 1. The van der Waals surface area contributed by atoms with Crippen LogP contribution in [0.15, 0.2) is 42.5 Å². The minimum Gasteiger partial charge on any atom is -0.307 e. The van der Waals surface area contributed by atoms with Crippen LogP contribution in [0.1, 0.15) is 23.5 Å². The van der Waals surface area contributed by atoms with Gasteiger partial charge in [0.25, 0.3) is 0 Å². The van der Waals surface area contributed by atoms with E-state index in [0.717, 1.165) is 30.9 Å². The van der Waals surface area contributed by atoms with Crippen LogP contribution in [-0.2, 0) is 0 Å². The maximum absolute atomic E-state index is 13.1. The van der Waals surface area contributed by atoms with Crippen molar-refractivity contribution in [3.05, 3.63) is 58.6 Å². The fourth-order valence-corrected chi connectivity index (χ4v) is 4.29. The summed E-state index contributed by atoms with van der Waals surface area (Å²) in [7, 11) is 2.15. The number of anilines is 2. The molecule has 0 saturated carbocycles. The lowest BCUT2D eigenvalue weighted by atomic mass is 9.89. The molecule has 2 atom stereocenters. The second-order valence-corrected chi connectivity index (χ2v) is 7.53. The number of hydrogen-bond donors (Lipinski definition) is 1. The van der Waals surface area contributed by atoms with E-state index in [9.17, 15) is 4.79 Å². The Kier molecular flexibility index (Phi) is 4.18. The first-order valence-corrected chi connectivity index (χ1v) is 9.05. The van der Waals surface area contributed by atoms with Crippen LogP contribution in [0.5, 0.6) is 0 Å². The molecule has 2 amide bonds. The van der Waals surface area contributed by atoms with Crippen LogP contribution < -0.4 is 10.2 Å². The van der Waals surface area contributed by atoms with Crippen molar-refractivity contribution in [3.8, 4) is 0 Å². The Morgan fingerprint density at radius 2 is 2.08 bits per heavy atom. The number of amides is 2. The fraction of sp³-hybridized carbons (Fsp3) is 0.350. The van der Waals surface area contributed by atoms with Crippen molar-refractivity contribution in [1.29, 1.82) is 0 Å². The predicted molar refractivity (Wildman–Crippen MR) is 103 cm³/mol. The molecule has 0 radical (unpaired) electrons. The van der Waals surface area contributed by atoms with E-state index >= 15 is 0 Å². The topological polar surface area (TPSA) is 35.6 Å². The quantitative estimate of drug-likeness (QED) is 0.818. The zero-order valence-corrected chi connectivity index (χ0v) is 15.3. The molecule has 0 spiro atoms. The summed E-state index contributed by atoms with van der Waals surface area (Å²) >= 11 is 6.04. The Morgan fingerprint density at radius 3 is 2.88 bits per heavy atom. The SMILES string of the molecule is Cc1ccc2c(c1)[C@H]1CN(C)CC[C@@H]1N2C(=O)Nc1cccc(Cl)c1. The van der Waals surface area contributed by atoms with Gasteiger partial charge in [-0.3, -0.25) is 4.90 Å². The number of carbonyl (C=O) groups excluding carboxylic acids is 1. The molecule has 2 aliphatic heterocycles. The number of piperidine rings is 1. The van der Waals surface area contributed by atoms with Gasteiger partial charge in [-0.05, 0) is 56.8 Å². The van der Waals surface area contributed by atoms with E-state index in [1.54, 1.807) is 12.1 Å². The zero-order chi connectivity index (χ0) is 17.6. The van der Waals surface area contributed by atoms with E-state index in [-0.39, 0.29) is 12.1 Å². The van der Waals surface area contributed by atoms with Crippen molar-refractivity contribution in [2.75, 3.05) is 30.4 Å². The Bertz CT molecular complexity index is 822. The summed E-state index contributed by atoms with van der Waals surface area (Å²) in [6.07, 6.45) is 0.984. The van der Waals surface area contributed by atoms with E-state index in [0.29, 0.717) is 10.9 Å². The van der Waals surface area contributed by atoms with Crippen LogP contribution in [-0.4, -0.2) is 37.1 Å². The van der Waals surface area contributed by atoms with Crippen molar-refractivity contribution in [2.24, 2.45) is 0 Å². The molecule has 0 bridgehead atoms. The normalized spacial score (nSPS) is 22.4. The molecule has 4 rings (SSSR count). The third-order valence-corrected chi connectivity index (χ3v) is 5.48. The summed E-state index contributed by atoms with van der Waals surface area (Å²) in [5.41, 5.74) is 4.29. The number of likely N-dealkylation sites (tertiary alicyclic amines) is 1. The molecular weight excluding hydrogens is 334 g/mol. The average molecular weight is 356 g/mol. The second-order valence-electron chi connectivity index (χ2n) is 7.10. The molecule has 0 unspecified atom stereocenters. The lowest BCUT2D eigenvalue weighted by Gasteiger charge is -2.36. The van der Waals surface area contributed by atoms with Gasteiger partial charge >= 0.3 is 6.03 Å². The van der Waals surface area contributed by atoms with E-state index < -0.39 is 0 Å². The summed E-state index contributed by atoms with van der Waals surface area (Å²) in [6, 6.07) is 13.8. The first-order valence-electron chi connectivity index (χ1n) is 8.68. The molecule has 1 N–H and O–H groups in total. The summed E-state index contributed by atoms with van der Waals surface area (Å²) in [4.78, 5) is 17.4. The Hall–Kier alpha value is -2.04. The van der Waals surface area contributed by atoms with Crippen LogP contribution >= 0.6 is 11.6 Å². The van der Waals surface area contributed by atoms with Crippen molar-refractivity contribution in [2.45, 2.75) is 25.3 Å². The number of carbonyl (C=O) groups is 1. The lowest BCUT2D eigenvalue weighted by molar-refractivity contribution is 0.224. The minimum atomic E-state index is -0.0792. The van der Waals surface area contributed by atoms with E-state index in [1.165, 1.54) is 11.1 Å². The van der Waals surface area contributed by atoms with Gasteiger partial charge in [-0.15, -0.1) is 0 Å². The van der Waals surface area contributed by atoms with Crippen molar-refractivity contribution >= 4 is 29.0 Å². The number of hydrogen-bond acceptors (Lipinski definition) is 2. The second kappa shape index (κ2) is 6.36. The highest BCUT2D eigenvalue weighted by atomic mass is 35.5. The first kappa shape index (κ1) is 16.4. The van der Waals surface area contributed by atoms with Crippen LogP contribution in [0.4, 0.5) is 16.2 Å². The maximum Gasteiger partial charge on any atom is 0.326 e. The van der Waals surface area contributed by atoms with Gasteiger partial charge in [0.05, 0.1) is 0 Å². The molecule has 130 valence electrons. The number of fused-ring (bicyclic) bond motifs is 3. The minimum absolute atomic E-state index is 0.0792. The van der Waals surface area contributed by atoms with E-state index in [1.807, 2.05) is 17.0 Å². The monoisotopic (exact) mass is 355 g/mol. The van der Waals surface area contributed by atoms with E-state index in [4.69, 9.17) is 11.6 Å². The smallest absolute Gasteiger partial charge is 0.307 e. The van der Waals surface area contributed by atoms with Gasteiger partial charge in [0.1, 0.15) is 0 Å². The Balaban J connectivity index is 1.67. The Labute approximate surface area is 153 Å². The molecule has 2 aromatic rings. The van der Waals surface area contributed by atoms with Gasteiger partial charge in [0, 0.05) is 34.9 Å².